The second kappa shape index (κ2) is 6.21. The molecule has 4 heteroatoms. The summed E-state index contributed by atoms with van der Waals surface area (Å²) in [6.07, 6.45) is 2.27. The highest BCUT2D eigenvalue weighted by atomic mass is 79.9. The third kappa shape index (κ3) is 3.24. The number of hydrogen-bond acceptors (Lipinski definition) is 3. The van der Waals surface area contributed by atoms with Gasteiger partial charge in [-0.25, -0.2) is 0 Å². The summed E-state index contributed by atoms with van der Waals surface area (Å²) in [7, 11) is 2.10. The van der Waals surface area contributed by atoms with Crippen LogP contribution in [-0.2, 0) is 4.74 Å². The second-order valence-electron chi connectivity index (χ2n) is 4.71. The van der Waals surface area contributed by atoms with Crippen LogP contribution in [0, 0.1) is 17.2 Å². The van der Waals surface area contributed by atoms with Gasteiger partial charge in [-0.05, 0) is 52.9 Å². The molecule has 2 rings (SSSR count). The fourth-order valence-corrected chi connectivity index (χ4v) is 2.98. The molecule has 0 N–H and O–H groups in total. The predicted octanol–water partition coefficient (Wildman–Crippen LogP) is 3.18. The van der Waals surface area contributed by atoms with Crippen LogP contribution in [0.2, 0.25) is 0 Å². The first-order chi connectivity index (χ1) is 8.70. The fourth-order valence-electron chi connectivity index (χ4n) is 2.30. The van der Waals surface area contributed by atoms with E-state index in [1.54, 1.807) is 0 Å². The molecule has 3 nitrogen and oxygen atoms in total. The summed E-state index contributed by atoms with van der Waals surface area (Å²) in [5, 5.41) is 8.85. The minimum Gasteiger partial charge on any atom is -0.381 e. The van der Waals surface area contributed by atoms with Crippen LogP contribution >= 0.6 is 15.9 Å². The van der Waals surface area contributed by atoms with Gasteiger partial charge in [-0.2, -0.15) is 5.26 Å². The Hall–Kier alpha value is -1.05. The first-order valence-electron chi connectivity index (χ1n) is 6.19. The Bertz CT molecular complexity index is 450. The summed E-state index contributed by atoms with van der Waals surface area (Å²) < 4.78 is 6.36. The van der Waals surface area contributed by atoms with Gasteiger partial charge < -0.3 is 9.64 Å². The Morgan fingerprint density at radius 1 is 1.44 bits per heavy atom. The van der Waals surface area contributed by atoms with Crippen molar-refractivity contribution in [1.82, 2.24) is 0 Å². The number of halogens is 1. The molecule has 1 saturated heterocycles. The summed E-state index contributed by atoms with van der Waals surface area (Å²) in [5.41, 5.74) is 1.82. The average Bonchev–Trinajstić information content (AvgIpc) is 2.39. The minimum atomic E-state index is 0.685. The van der Waals surface area contributed by atoms with E-state index in [2.05, 4.69) is 33.9 Å². The van der Waals surface area contributed by atoms with E-state index in [1.165, 1.54) is 0 Å². The van der Waals surface area contributed by atoms with E-state index in [0.717, 1.165) is 42.8 Å². The van der Waals surface area contributed by atoms with Gasteiger partial charge >= 0.3 is 0 Å². The molecule has 1 aliphatic rings. The van der Waals surface area contributed by atoms with Gasteiger partial charge in [-0.3, -0.25) is 0 Å². The van der Waals surface area contributed by atoms with Gasteiger partial charge in [0, 0.05) is 31.3 Å². The topological polar surface area (TPSA) is 36.3 Å². The zero-order valence-corrected chi connectivity index (χ0v) is 12.1. The molecule has 1 aromatic rings. The Kier molecular flexibility index (Phi) is 4.62. The number of anilines is 1. The minimum absolute atomic E-state index is 0.685. The van der Waals surface area contributed by atoms with Crippen molar-refractivity contribution in [2.75, 3.05) is 31.7 Å². The van der Waals surface area contributed by atoms with Crippen LogP contribution < -0.4 is 4.90 Å². The van der Waals surface area contributed by atoms with Gasteiger partial charge in [0.1, 0.15) is 0 Å². The molecular weight excluding hydrogens is 292 g/mol. The molecule has 0 atom stereocenters. The number of nitriles is 1. The number of nitrogens with zero attached hydrogens (tertiary/aromatic N) is 2. The fraction of sp³-hybridized carbons (Fsp3) is 0.500. The molecule has 0 saturated carbocycles. The summed E-state index contributed by atoms with van der Waals surface area (Å²) in [4.78, 5) is 2.25. The summed E-state index contributed by atoms with van der Waals surface area (Å²) in [6, 6.07) is 7.88. The second-order valence-corrected chi connectivity index (χ2v) is 5.57. The number of rotatable bonds is 3. The lowest BCUT2D eigenvalue weighted by atomic mass is 9.99. The van der Waals surface area contributed by atoms with Crippen LogP contribution in [0.1, 0.15) is 18.4 Å². The van der Waals surface area contributed by atoms with Gasteiger partial charge in [0.05, 0.1) is 17.3 Å². The maximum Gasteiger partial charge on any atom is 0.0992 e. The lowest BCUT2D eigenvalue weighted by molar-refractivity contribution is 0.0685. The Labute approximate surface area is 116 Å². The van der Waals surface area contributed by atoms with Crippen molar-refractivity contribution >= 4 is 21.6 Å². The molecule has 1 aromatic carbocycles. The molecule has 0 aromatic heterocycles. The van der Waals surface area contributed by atoms with E-state index in [-0.39, 0.29) is 0 Å². The van der Waals surface area contributed by atoms with Crippen LogP contribution in [0.25, 0.3) is 0 Å². The maximum absolute atomic E-state index is 8.85. The standard InChI is InChI=1S/C14H17BrN2O/c1-17(10-11-4-6-18-7-5-11)14-3-2-12(9-16)8-13(14)15/h2-3,8,11H,4-7,10H2,1H3. The molecule has 0 radical (unpaired) electrons. The highest BCUT2D eigenvalue weighted by Gasteiger charge is 2.17. The first kappa shape index (κ1) is 13.4. The molecule has 96 valence electrons. The molecule has 0 unspecified atom stereocenters. The number of hydrogen-bond donors (Lipinski definition) is 0. The van der Waals surface area contributed by atoms with Gasteiger partial charge in [-0.15, -0.1) is 0 Å². The van der Waals surface area contributed by atoms with Gasteiger partial charge in [-0.1, -0.05) is 0 Å². The number of benzene rings is 1. The van der Waals surface area contributed by atoms with E-state index < -0.39 is 0 Å². The largest absolute Gasteiger partial charge is 0.381 e. The predicted molar refractivity (Wildman–Crippen MR) is 75.7 cm³/mol. The monoisotopic (exact) mass is 308 g/mol. The molecule has 0 bridgehead atoms. The van der Waals surface area contributed by atoms with Crippen molar-refractivity contribution in [3.8, 4) is 6.07 Å². The lowest BCUT2D eigenvalue weighted by Gasteiger charge is -2.29. The van der Waals surface area contributed by atoms with Crippen LogP contribution in [-0.4, -0.2) is 26.8 Å². The van der Waals surface area contributed by atoms with Gasteiger partial charge in [0.15, 0.2) is 0 Å². The molecule has 1 aliphatic heterocycles. The van der Waals surface area contributed by atoms with Crippen molar-refractivity contribution in [3.63, 3.8) is 0 Å². The summed E-state index contributed by atoms with van der Waals surface area (Å²) in [6.45, 7) is 2.80. The Morgan fingerprint density at radius 2 is 2.17 bits per heavy atom. The van der Waals surface area contributed by atoms with Crippen molar-refractivity contribution in [2.45, 2.75) is 12.8 Å². The van der Waals surface area contributed by atoms with Crippen molar-refractivity contribution in [2.24, 2.45) is 5.92 Å². The molecule has 0 aliphatic carbocycles. The van der Waals surface area contributed by atoms with E-state index in [1.807, 2.05) is 18.2 Å². The van der Waals surface area contributed by atoms with Crippen LogP contribution in [0.15, 0.2) is 22.7 Å². The third-order valence-electron chi connectivity index (χ3n) is 3.36. The van der Waals surface area contributed by atoms with Gasteiger partial charge in [0.25, 0.3) is 0 Å². The summed E-state index contributed by atoms with van der Waals surface area (Å²) in [5.74, 6) is 0.700. The molecule has 1 fully saturated rings. The van der Waals surface area contributed by atoms with E-state index in [4.69, 9.17) is 10.00 Å². The van der Waals surface area contributed by atoms with Crippen LogP contribution in [0.4, 0.5) is 5.69 Å². The average molecular weight is 309 g/mol. The van der Waals surface area contributed by atoms with Crippen molar-refractivity contribution in [1.29, 1.82) is 5.26 Å². The highest BCUT2D eigenvalue weighted by Crippen LogP contribution is 2.28. The molecule has 0 spiro atoms. The molecule has 0 amide bonds. The van der Waals surface area contributed by atoms with E-state index >= 15 is 0 Å². The lowest BCUT2D eigenvalue weighted by Crippen LogP contribution is -2.29. The Morgan fingerprint density at radius 3 is 2.78 bits per heavy atom. The summed E-state index contributed by atoms with van der Waals surface area (Å²) >= 11 is 3.54. The quantitative estimate of drug-likeness (QED) is 0.860. The zero-order valence-electron chi connectivity index (χ0n) is 10.5. The molecule has 1 heterocycles. The maximum atomic E-state index is 8.85. The van der Waals surface area contributed by atoms with Crippen LogP contribution in [0.5, 0.6) is 0 Å². The van der Waals surface area contributed by atoms with Crippen LogP contribution in [0.3, 0.4) is 0 Å². The third-order valence-corrected chi connectivity index (χ3v) is 4.00. The van der Waals surface area contributed by atoms with Gasteiger partial charge in [0.2, 0.25) is 0 Å². The first-order valence-corrected chi connectivity index (χ1v) is 6.98. The Balaban J connectivity index is 2.04. The zero-order chi connectivity index (χ0) is 13.0. The van der Waals surface area contributed by atoms with Crippen molar-refractivity contribution in [3.05, 3.63) is 28.2 Å². The highest BCUT2D eigenvalue weighted by molar-refractivity contribution is 9.10. The van der Waals surface area contributed by atoms with E-state index in [0.29, 0.717) is 11.5 Å². The molecular formula is C14H17BrN2O. The normalized spacial score (nSPS) is 16.3. The number of ether oxygens (including phenoxy) is 1. The molecule has 18 heavy (non-hydrogen) atoms. The van der Waals surface area contributed by atoms with E-state index in [9.17, 15) is 0 Å². The smallest absolute Gasteiger partial charge is 0.0992 e. The van der Waals surface area contributed by atoms with Crippen molar-refractivity contribution < 1.29 is 4.74 Å². The SMILES string of the molecule is CN(CC1CCOCC1)c1ccc(C#N)cc1Br.